The number of fused-ring (bicyclic) bond motifs is 2. The van der Waals surface area contributed by atoms with E-state index in [0.29, 0.717) is 5.41 Å². The fourth-order valence-corrected chi connectivity index (χ4v) is 3.44. The average molecular weight is 237 g/mol. The van der Waals surface area contributed by atoms with Crippen LogP contribution < -0.4 is 0 Å². The van der Waals surface area contributed by atoms with Crippen LogP contribution in [0.25, 0.3) is 0 Å². The second kappa shape index (κ2) is 4.58. The lowest BCUT2D eigenvalue weighted by atomic mass is 9.94. The Kier molecular flexibility index (Phi) is 3.50. The molecule has 0 N–H and O–H groups in total. The molecule has 1 nitrogen and oxygen atoms in total. The zero-order valence-corrected chi connectivity index (χ0v) is 11.7. The van der Waals surface area contributed by atoms with Crippen molar-refractivity contribution >= 4 is 11.8 Å². The van der Waals surface area contributed by atoms with E-state index in [2.05, 4.69) is 44.7 Å². The molecule has 0 aliphatic carbocycles. The number of nitrogens with zero attached hydrogens (tertiary/aromatic N) is 1. The van der Waals surface area contributed by atoms with E-state index >= 15 is 0 Å². The monoisotopic (exact) mass is 237 g/mol. The lowest BCUT2D eigenvalue weighted by Crippen LogP contribution is -2.24. The summed E-state index contributed by atoms with van der Waals surface area (Å²) in [4.78, 5) is 4.12. The minimum absolute atomic E-state index is 0.294. The quantitative estimate of drug-likeness (QED) is 0.629. The van der Waals surface area contributed by atoms with Crippen LogP contribution in [-0.2, 0) is 0 Å². The Hall–Kier alpha value is -0.210. The van der Waals surface area contributed by atoms with E-state index < -0.39 is 0 Å². The fraction of sp³-hybridized carbons (Fsp3) is 0.714. The zero-order chi connectivity index (χ0) is 11.8. The van der Waals surface area contributed by atoms with Crippen molar-refractivity contribution < 1.29 is 0 Å². The van der Waals surface area contributed by atoms with Crippen LogP contribution in [0, 0.1) is 11.3 Å². The van der Waals surface area contributed by atoms with Crippen LogP contribution in [0.2, 0.25) is 0 Å². The summed E-state index contributed by atoms with van der Waals surface area (Å²) >= 11 is 2.02. The van der Waals surface area contributed by atoms with E-state index in [1.165, 1.54) is 23.4 Å². The SMILES string of the molecule is CC1C=C2C=C(C(C)(C)C)SCN(CC1)C2. The van der Waals surface area contributed by atoms with Gasteiger partial charge in [-0.15, -0.1) is 11.8 Å². The van der Waals surface area contributed by atoms with Crippen molar-refractivity contribution in [2.75, 3.05) is 19.0 Å². The van der Waals surface area contributed by atoms with Gasteiger partial charge in [0, 0.05) is 12.4 Å². The molecular formula is C14H23NS. The first-order valence-electron chi connectivity index (χ1n) is 6.23. The van der Waals surface area contributed by atoms with Gasteiger partial charge in [-0.2, -0.15) is 0 Å². The number of thioether (sulfide) groups is 1. The highest BCUT2D eigenvalue weighted by Crippen LogP contribution is 2.38. The number of allylic oxidation sites excluding steroid dienone is 2. The van der Waals surface area contributed by atoms with Crippen LogP contribution in [0.1, 0.15) is 34.1 Å². The van der Waals surface area contributed by atoms with Crippen LogP contribution in [0.4, 0.5) is 0 Å². The minimum atomic E-state index is 0.294. The summed E-state index contributed by atoms with van der Waals surface area (Å²) in [6, 6.07) is 0. The van der Waals surface area contributed by atoms with Crippen LogP contribution in [0.5, 0.6) is 0 Å². The first kappa shape index (κ1) is 12.3. The molecule has 2 aliphatic rings. The Morgan fingerprint density at radius 3 is 2.81 bits per heavy atom. The van der Waals surface area contributed by atoms with Crippen molar-refractivity contribution in [3.63, 3.8) is 0 Å². The Labute approximate surface area is 104 Å². The molecule has 2 heterocycles. The van der Waals surface area contributed by atoms with Crippen molar-refractivity contribution in [3.05, 3.63) is 22.6 Å². The molecule has 2 aliphatic heterocycles. The number of hydrogen-bond acceptors (Lipinski definition) is 2. The molecule has 0 radical (unpaired) electrons. The van der Waals surface area contributed by atoms with E-state index in [-0.39, 0.29) is 0 Å². The van der Waals surface area contributed by atoms with E-state index in [4.69, 9.17) is 0 Å². The maximum atomic E-state index is 2.58. The Balaban J connectivity index is 2.28. The molecule has 0 aromatic rings. The minimum Gasteiger partial charge on any atom is -0.290 e. The van der Waals surface area contributed by atoms with Crippen LogP contribution in [0.15, 0.2) is 22.6 Å². The Morgan fingerprint density at radius 1 is 1.38 bits per heavy atom. The second-order valence-corrected chi connectivity index (χ2v) is 7.08. The summed E-state index contributed by atoms with van der Waals surface area (Å²) in [5.41, 5.74) is 1.82. The highest BCUT2D eigenvalue weighted by molar-refractivity contribution is 8.03. The highest BCUT2D eigenvalue weighted by Gasteiger charge is 2.24. The second-order valence-electron chi connectivity index (χ2n) is 6.09. The molecule has 0 amide bonds. The van der Waals surface area contributed by atoms with Gasteiger partial charge in [0.05, 0.1) is 0 Å². The van der Waals surface area contributed by atoms with Crippen LogP contribution in [-0.4, -0.2) is 23.9 Å². The van der Waals surface area contributed by atoms with Crippen molar-refractivity contribution in [2.24, 2.45) is 11.3 Å². The van der Waals surface area contributed by atoms with Gasteiger partial charge in [0.25, 0.3) is 0 Å². The molecule has 0 saturated heterocycles. The molecule has 2 heteroatoms. The predicted molar refractivity (Wildman–Crippen MR) is 73.4 cm³/mol. The molecule has 2 rings (SSSR count). The highest BCUT2D eigenvalue weighted by atomic mass is 32.2. The fourth-order valence-electron chi connectivity index (χ4n) is 2.23. The first-order chi connectivity index (χ1) is 7.45. The van der Waals surface area contributed by atoms with Crippen molar-refractivity contribution in [2.45, 2.75) is 34.1 Å². The number of rotatable bonds is 0. The smallest absolute Gasteiger partial charge is 0.0492 e. The molecule has 16 heavy (non-hydrogen) atoms. The molecule has 0 aromatic carbocycles. The molecule has 0 saturated carbocycles. The largest absolute Gasteiger partial charge is 0.290 e. The lowest BCUT2D eigenvalue weighted by Gasteiger charge is -2.23. The molecule has 2 bridgehead atoms. The summed E-state index contributed by atoms with van der Waals surface area (Å²) in [7, 11) is 0. The average Bonchev–Trinajstić information content (AvgIpc) is 2.46. The van der Waals surface area contributed by atoms with Crippen molar-refractivity contribution in [1.29, 1.82) is 0 Å². The van der Waals surface area contributed by atoms with E-state index in [9.17, 15) is 0 Å². The third-order valence-corrected chi connectivity index (χ3v) is 4.80. The third-order valence-electron chi connectivity index (χ3n) is 3.26. The van der Waals surface area contributed by atoms with Crippen molar-refractivity contribution in [3.8, 4) is 0 Å². The Bertz CT molecular complexity index is 322. The van der Waals surface area contributed by atoms with Crippen LogP contribution >= 0.6 is 11.8 Å². The lowest BCUT2D eigenvalue weighted by molar-refractivity contribution is 0.343. The molecule has 2 atom stereocenters. The summed E-state index contributed by atoms with van der Waals surface area (Å²) in [5, 5.41) is 0. The van der Waals surface area contributed by atoms with Gasteiger partial charge in [-0.05, 0) is 40.9 Å². The standard InChI is InChI=1S/C14H23NS/c1-11-5-6-15-9-12(7-11)8-13(16-10-15)14(2,3)4/h7-8,11H,5-6,9-10H2,1-4H3. The maximum absolute atomic E-state index is 2.58. The van der Waals surface area contributed by atoms with Gasteiger partial charge in [0.2, 0.25) is 0 Å². The molecule has 0 aromatic heterocycles. The van der Waals surface area contributed by atoms with Gasteiger partial charge < -0.3 is 0 Å². The maximum Gasteiger partial charge on any atom is 0.0492 e. The van der Waals surface area contributed by atoms with Gasteiger partial charge in [-0.25, -0.2) is 0 Å². The third kappa shape index (κ3) is 2.92. The number of hydrogen-bond donors (Lipinski definition) is 0. The topological polar surface area (TPSA) is 3.24 Å². The summed E-state index contributed by atoms with van der Waals surface area (Å²) < 4.78 is 0. The Morgan fingerprint density at radius 2 is 2.12 bits per heavy atom. The molecule has 0 spiro atoms. The van der Waals surface area contributed by atoms with Gasteiger partial charge in [0.15, 0.2) is 0 Å². The normalized spacial score (nSPS) is 31.2. The van der Waals surface area contributed by atoms with E-state index in [1.807, 2.05) is 11.8 Å². The van der Waals surface area contributed by atoms with Gasteiger partial charge in [-0.3, -0.25) is 4.90 Å². The molecule has 90 valence electrons. The van der Waals surface area contributed by atoms with Gasteiger partial charge in [0.1, 0.15) is 0 Å². The molecule has 0 fully saturated rings. The predicted octanol–water partition coefficient (Wildman–Crippen LogP) is 3.89. The van der Waals surface area contributed by atoms with Crippen molar-refractivity contribution in [1.82, 2.24) is 4.90 Å². The van der Waals surface area contributed by atoms with Crippen LogP contribution in [0.3, 0.4) is 0 Å². The van der Waals surface area contributed by atoms with Gasteiger partial charge in [-0.1, -0.05) is 33.8 Å². The summed E-state index contributed by atoms with van der Waals surface area (Å²) in [6.07, 6.45) is 6.22. The zero-order valence-electron chi connectivity index (χ0n) is 10.9. The summed E-state index contributed by atoms with van der Waals surface area (Å²) in [6.45, 7) is 11.7. The van der Waals surface area contributed by atoms with E-state index in [0.717, 1.165) is 18.3 Å². The molecular weight excluding hydrogens is 214 g/mol. The van der Waals surface area contributed by atoms with Gasteiger partial charge >= 0.3 is 0 Å². The summed E-state index contributed by atoms with van der Waals surface area (Å²) in [5.74, 6) is 1.90. The molecule has 2 unspecified atom stereocenters. The van der Waals surface area contributed by atoms with E-state index in [1.54, 1.807) is 0 Å². The first-order valence-corrected chi connectivity index (χ1v) is 7.22.